The van der Waals surface area contributed by atoms with Gasteiger partial charge in [-0.25, -0.2) is 4.98 Å². The minimum absolute atomic E-state index is 0.691. The van der Waals surface area contributed by atoms with Gasteiger partial charge in [-0.15, -0.1) is 11.3 Å². The van der Waals surface area contributed by atoms with Crippen molar-refractivity contribution in [3.8, 4) is 0 Å². The highest BCUT2D eigenvalue weighted by Crippen LogP contribution is 2.15. The van der Waals surface area contributed by atoms with E-state index in [4.69, 9.17) is 0 Å². The molecule has 1 N–H and O–H groups in total. The number of nitrogens with zero attached hydrogens (tertiary/aromatic N) is 2. The molecule has 2 heterocycles. The zero-order valence-corrected chi connectivity index (χ0v) is 12.6. The number of aryl methyl sites for hydroxylation is 1. The molecule has 0 radical (unpaired) electrons. The van der Waals surface area contributed by atoms with Crippen LogP contribution >= 0.6 is 11.3 Å². The van der Waals surface area contributed by atoms with Crippen LogP contribution in [0.1, 0.15) is 36.6 Å². The summed E-state index contributed by atoms with van der Waals surface area (Å²) in [5.41, 5.74) is 0. The number of hydrogen-bond acceptors (Lipinski definition) is 4. The maximum atomic E-state index is 4.30. The standard InChI is InChI=1S/C14H25N3S/c1-11(2)10-17-6-4-13(5-7-17)16-9-14-8-15-12(3)18-14/h8,11,13,16H,4-7,9-10H2,1-3H3. The van der Waals surface area contributed by atoms with Gasteiger partial charge in [-0.1, -0.05) is 13.8 Å². The van der Waals surface area contributed by atoms with E-state index in [2.05, 4.69) is 36.0 Å². The summed E-state index contributed by atoms with van der Waals surface area (Å²) in [4.78, 5) is 8.25. The maximum absolute atomic E-state index is 4.30. The minimum Gasteiger partial charge on any atom is -0.309 e. The van der Waals surface area contributed by atoms with E-state index < -0.39 is 0 Å². The van der Waals surface area contributed by atoms with E-state index in [1.807, 2.05) is 6.20 Å². The van der Waals surface area contributed by atoms with E-state index in [1.54, 1.807) is 11.3 Å². The second kappa shape index (κ2) is 6.64. The lowest BCUT2D eigenvalue weighted by Crippen LogP contribution is -2.43. The van der Waals surface area contributed by atoms with Crippen molar-refractivity contribution in [2.45, 2.75) is 46.2 Å². The van der Waals surface area contributed by atoms with Crippen LogP contribution in [-0.4, -0.2) is 35.6 Å². The highest BCUT2D eigenvalue weighted by Gasteiger charge is 2.19. The van der Waals surface area contributed by atoms with Gasteiger partial charge in [0.05, 0.1) is 5.01 Å². The van der Waals surface area contributed by atoms with Gasteiger partial charge in [-0.3, -0.25) is 0 Å². The Bertz CT molecular complexity index is 354. The molecule has 18 heavy (non-hydrogen) atoms. The molecule has 0 saturated carbocycles. The molecule has 0 spiro atoms. The predicted molar refractivity (Wildman–Crippen MR) is 78.0 cm³/mol. The van der Waals surface area contributed by atoms with Gasteiger partial charge >= 0.3 is 0 Å². The Hall–Kier alpha value is -0.450. The van der Waals surface area contributed by atoms with Gasteiger partial charge in [0.15, 0.2) is 0 Å². The molecular formula is C14H25N3S. The molecule has 3 nitrogen and oxygen atoms in total. The Kier molecular flexibility index (Phi) is 5.15. The Balaban J connectivity index is 1.67. The van der Waals surface area contributed by atoms with E-state index in [1.165, 1.54) is 42.4 Å². The highest BCUT2D eigenvalue weighted by molar-refractivity contribution is 7.11. The average molecular weight is 267 g/mol. The molecule has 0 unspecified atom stereocenters. The summed E-state index contributed by atoms with van der Waals surface area (Å²) in [7, 11) is 0. The lowest BCUT2D eigenvalue weighted by Gasteiger charge is -2.33. The van der Waals surface area contributed by atoms with Crippen molar-refractivity contribution in [1.82, 2.24) is 15.2 Å². The van der Waals surface area contributed by atoms with Crippen molar-refractivity contribution in [3.63, 3.8) is 0 Å². The fourth-order valence-corrected chi connectivity index (χ4v) is 3.31. The van der Waals surface area contributed by atoms with Gasteiger partial charge in [0.25, 0.3) is 0 Å². The minimum atomic E-state index is 0.691. The van der Waals surface area contributed by atoms with E-state index in [-0.39, 0.29) is 0 Å². The first-order valence-electron chi connectivity index (χ1n) is 7.00. The molecule has 0 aliphatic carbocycles. The fraction of sp³-hybridized carbons (Fsp3) is 0.786. The van der Waals surface area contributed by atoms with Crippen LogP contribution in [0.5, 0.6) is 0 Å². The number of piperidine rings is 1. The molecule has 2 rings (SSSR count). The summed E-state index contributed by atoms with van der Waals surface area (Å²) in [6, 6.07) is 0.691. The third-order valence-electron chi connectivity index (χ3n) is 3.45. The first-order valence-corrected chi connectivity index (χ1v) is 7.82. The fourth-order valence-electron chi connectivity index (χ4n) is 2.57. The topological polar surface area (TPSA) is 28.2 Å². The normalized spacial score (nSPS) is 18.7. The number of hydrogen-bond donors (Lipinski definition) is 1. The molecule has 1 aromatic rings. The van der Waals surface area contributed by atoms with Crippen LogP contribution in [0, 0.1) is 12.8 Å². The van der Waals surface area contributed by atoms with Gasteiger partial charge in [0, 0.05) is 30.2 Å². The van der Waals surface area contributed by atoms with Gasteiger partial charge in [-0.05, 0) is 38.8 Å². The number of likely N-dealkylation sites (tertiary alicyclic amines) is 1. The molecule has 102 valence electrons. The van der Waals surface area contributed by atoms with Crippen LogP contribution in [0.3, 0.4) is 0 Å². The van der Waals surface area contributed by atoms with E-state index in [0.29, 0.717) is 6.04 Å². The molecule has 1 fully saturated rings. The van der Waals surface area contributed by atoms with E-state index in [0.717, 1.165) is 12.5 Å². The molecule has 0 bridgehead atoms. The number of aromatic nitrogens is 1. The number of nitrogens with one attached hydrogen (secondary N) is 1. The van der Waals surface area contributed by atoms with Crippen LogP contribution in [-0.2, 0) is 6.54 Å². The van der Waals surface area contributed by atoms with Crippen molar-refractivity contribution in [1.29, 1.82) is 0 Å². The van der Waals surface area contributed by atoms with Gasteiger partial charge in [0.1, 0.15) is 0 Å². The molecule has 1 saturated heterocycles. The summed E-state index contributed by atoms with van der Waals surface area (Å²) in [5.74, 6) is 0.787. The van der Waals surface area contributed by atoms with Crippen molar-refractivity contribution in [3.05, 3.63) is 16.1 Å². The van der Waals surface area contributed by atoms with Crippen LogP contribution in [0.4, 0.5) is 0 Å². The lowest BCUT2D eigenvalue weighted by molar-refractivity contribution is 0.179. The molecular weight excluding hydrogens is 242 g/mol. The molecule has 0 aromatic carbocycles. The summed E-state index contributed by atoms with van der Waals surface area (Å²) in [5, 5.41) is 4.83. The second-order valence-electron chi connectivity index (χ2n) is 5.70. The van der Waals surface area contributed by atoms with Crippen molar-refractivity contribution in [2.75, 3.05) is 19.6 Å². The van der Waals surface area contributed by atoms with Crippen LogP contribution < -0.4 is 5.32 Å². The third-order valence-corrected chi connectivity index (χ3v) is 4.36. The monoisotopic (exact) mass is 267 g/mol. The molecule has 0 atom stereocenters. The first-order chi connectivity index (χ1) is 8.63. The number of thiazole rings is 1. The second-order valence-corrected chi connectivity index (χ2v) is 7.01. The summed E-state index contributed by atoms with van der Waals surface area (Å²) in [6.07, 6.45) is 4.57. The molecule has 1 aliphatic heterocycles. The SMILES string of the molecule is Cc1ncc(CNC2CCN(CC(C)C)CC2)s1. The largest absolute Gasteiger partial charge is 0.309 e. The van der Waals surface area contributed by atoms with Gasteiger partial charge in [-0.2, -0.15) is 0 Å². The highest BCUT2D eigenvalue weighted by atomic mass is 32.1. The molecule has 0 amide bonds. The Morgan fingerprint density at radius 1 is 1.44 bits per heavy atom. The summed E-state index contributed by atoms with van der Waals surface area (Å²) < 4.78 is 0. The summed E-state index contributed by atoms with van der Waals surface area (Å²) in [6.45, 7) is 11.4. The Labute approximate surface area is 115 Å². The lowest BCUT2D eigenvalue weighted by atomic mass is 10.0. The third kappa shape index (κ3) is 4.34. The average Bonchev–Trinajstić information content (AvgIpc) is 2.74. The predicted octanol–water partition coefficient (Wildman–Crippen LogP) is 2.66. The van der Waals surface area contributed by atoms with Gasteiger partial charge < -0.3 is 10.2 Å². The zero-order valence-electron chi connectivity index (χ0n) is 11.8. The smallest absolute Gasteiger partial charge is 0.0897 e. The molecule has 1 aliphatic rings. The van der Waals surface area contributed by atoms with Crippen molar-refractivity contribution in [2.24, 2.45) is 5.92 Å². The quantitative estimate of drug-likeness (QED) is 0.889. The van der Waals surface area contributed by atoms with Crippen LogP contribution in [0.2, 0.25) is 0 Å². The van der Waals surface area contributed by atoms with Crippen LogP contribution in [0.15, 0.2) is 6.20 Å². The van der Waals surface area contributed by atoms with Crippen molar-refractivity contribution < 1.29 is 0 Å². The molecule has 1 aromatic heterocycles. The van der Waals surface area contributed by atoms with E-state index >= 15 is 0 Å². The van der Waals surface area contributed by atoms with Gasteiger partial charge in [0.2, 0.25) is 0 Å². The maximum Gasteiger partial charge on any atom is 0.0897 e. The molecule has 4 heteroatoms. The Morgan fingerprint density at radius 2 is 2.17 bits per heavy atom. The van der Waals surface area contributed by atoms with Crippen LogP contribution in [0.25, 0.3) is 0 Å². The zero-order chi connectivity index (χ0) is 13.0. The number of rotatable bonds is 5. The van der Waals surface area contributed by atoms with Crippen molar-refractivity contribution >= 4 is 11.3 Å². The van der Waals surface area contributed by atoms with E-state index in [9.17, 15) is 0 Å². The Morgan fingerprint density at radius 3 is 2.72 bits per heavy atom. The first kappa shape index (κ1) is 14.0. The summed E-state index contributed by atoms with van der Waals surface area (Å²) >= 11 is 1.80.